The normalized spacial score (nSPS) is 16.9. The SMILES string of the molecule is Cn1ccsc1=NC(=O)C1CCN(c2ccc3nnc(C(F)(F)F)n3n2)CC1. The van der Waals surface area contributed by atoms with Gasteiger partial charge in [0, 0.05) is 37.6 Å². The summed E-state index contributed by atoms with van der Waals surface area (Å²) < 4.78 is 41.6. The highest BCUT2D eigenvalue weighted by Gasteiger charge is 2.38. The van der Waals surface area contributed by atoms with Crippen molar-refractivity contribution in [2.24, 2.45) is 18.0 Å². The Balaban J connectivity index is 1.49. The molecule has 1 amide bonds. The van der Waals surface area contributed by atoms with E-state index in [4.69, 9.17) is 0 Å². The van der Waals surface area contributed by atoms with Crippen molar-refractivity contribution in [1.29, 1.82) is 0 Å². The highest BCUT2D eigenvalue weighted by Crippen LogP contribution is 2.28. The minimum Gasteiger partial charge on any atom is -0.355 e. The fraction of sp³-hybridized carbons (Fsp3) is 0.438. The third-order valence-corrected chi connectivity index (χ3v) is 5.48. The van der Waals surface area contributed by atoms with Crippen molar-refractivity contribution in [1.82, 2.24) is 24.4 Å². The van der Waals surface area contributed by atoms with Gasteiger partial charge in [0.15, 0.2) is 10.4 Å². The largest absolute Gasteiger partial charge is 0.453 e. The number of hydrogen-bond acceptors (Lipinski definition) is 6. The van der Waals surface area contributed by atoms with Crippen molar-refractivity contribution >= 4 is 28.7 Å². The summed E-state index contributed by atoms with van der Waals surface area (Å²) in [7, 11) is 1.83. The lowest BCUT2D eigenvalue weighted by Gasteiger charge is -2.31. The van der Waals surface area contributed by atoms with E-state index in [-0.39, 0.29) is 17.5 Å². The number of halogens is 3. The average Bonchev–Trinajstić information content (AvgIpc) is 3.27. The lowest BCUT2D eigenvalue weighted by atomic mass is 9.96. The van der Waals surface area contributed by atoms with Gasteiger partial charge in [0.05, 0.1) is 0 Å². The molecular formula is C16H16F3N7OS. The van der Waals surface area contributed by atoms with Crippen LogP contribution in [0.4, 0.5) is 19.0 Å². The van der Waals surface area contributed by atoms with Gasteiger partial charge in [0.2, 0.25) is 0 Å². The van der Waals surface area contributed by atoms with Gasteiger partial charge in [-0.25, -0.2) is 0 Å². The molecule has 0 bridgehead atoms. The number of amides is 1. The number of aryl methyl sites for hydroxylation is 1. The van der Waals surface area contributed by atoms with Crippen LogP contribution in [-0.4, -0.2) is 43.4 Å². The van der Waals surface area contributed by atoms with Crippen molar-refractivity contribution in [3.63, 3.8) is 0 Å². The van der Waals surface area contributed by atoms with Crippen molar-refractivity contribution in [3.8, 4) is 0 Å². The number of hydrogen-bond donors (Lipinski definition) is 0. The second kappa shape index (κ2) is 7.00. The molecule has 12 heteroatoms. The summed E-state index contributed by atoms with van der Waals surface area (Å²) in [6, 6.07) is 3.07. The number of anilines is 1. The number of aromatic nitrogens is 5. The molecule has 0 N–H and O–H groups in total. The van der Waals surface area contributed by atoms with Crippen LogP contribution >= 0.6 is 11.3 Å². The van der Waals surface area contributed by atoms with Crippen LogP contribution in [0.5, 0.6) is 0 Å². The molecule has 0 unspecified atom stereocenters. The number of nitrogens with zero attached hydrogens (tertiary/aromatic N) is 7. The first-order valence-electron chi connectivity index (χ1n) is 8.56. The van der Waals surface area contributed by atoms with E-state index in [0.29, 0.717) is 41.1 Å². The Bertz CT molecular complexity index is 1080. The predicted molar refractivity (Wildman–Crippen MR) is 94.6 cm³/mol. The summed E-state index contributed by atoms with van der Waals surface area (Å²) in [6.07, 6.45) is -1.68. The molecule has 28 heavy (non-hydrogen) atoms. The molecule has 1 saturated heterocycles. The van der Waals surface area contributed by atoms with E-state index < -0.39 is 12.0 Å². The minimum absolute atomic E-state index is 0.0313. The van der Waals surface area contributed by atoms with E-state index >= 15 is 0 Å². The molecule has 0 atom stereocenters. The van der Waals surface area contributed by atoms with Crippen molar-refractivity contribution in [2.45, 2.75) is 19.0 Å². The molecule has 3 aromatic heterocycles. The van der Waals surface area contributed by atoms with E-state index in [0.717, 1.165) is 0 Å². The van der Waals surface area contributed by atoms with Gasteiger partial charge in [0.1, 0.15) is 5.82 Å². The molecule has 0 radical (unpaired) electrons. The Morgan fingerprint density at radius 3 is 2.64 bits per heavy atom. The minimum atomic E-state index is -4.64. The third-order valence-electron chi connectivity index (χ3n) is 4.64. The number of thiazole rings is 1. The monoisotopic (exact) mass is 411 g/mol. The van der Waals surface area contributed by atoms with E-state index in [2.05, 4.69) is 20.3 Å². The van der Waals surface area contributed by atoms with Crippen LogP contribution < -0.4 is 9.70 Å². The second-order valence-electron chi connectivity index (χ2n) is 6.49. The molecule has 1 aliphatic heterocycles. The van der Waals surface area contributed by atoms with Crippen LogP contribution in [0, 0.1) is 5.92 Å². The average molecular weight is 411 g/mol. The second-order valence-corrected chi connectivity index (χ2v) is 7.36. The first kappa shape index (κ1) is 18.6. The third kappa shape index (κ3) is 3.51. The van der Waals surface area contributed by atoms with Gasteiger partial charge in [-0.1, -0.05) is 0 Å². The summed E-state index contributed by atoms with van der Waals surface area (Å²) in [5.41, 5.74) is 0.0313. The highest BCUT2D eigenvalue weighted by atomic mass is 32.1. The quantitative estimate of drug-likeness (QED) is 0.643. The Kier molecular flexibility index (Phi) is 4.65. The molecule has 0 aliphatic carbocycles. The fourth-order valence-electron chi connectivity index (χ4n) is 3.10. The number of carbonyl (C=O) groups is 1. The molecule has 1 fully saturated rings. The van der Waals surface area contributed by atoms with Gasteiger partial charge >= 0.3 is 6.18 Å². The first-order chi connectivity index (χ1) is 13.3. The van der Waals surface area contributed by atoms with Crippen molar-refractivity contribution in [3.05, 3.63) is 34.3 Å². The van der Waals surface area contributed by atoms with E-state index in [9.17, 15) is 18.0 Å². The van der Waals surface area contributed by atoms with Gasteiger partial charge in [-0.2, -0.15) is 22.7 Å². The molecule has 0 spiro atoms. The number of piperidine rings is 1. The lowest BCUT2D eigenvalue weighted by Crippen LogP contribution is -2.37. The van der Waals surface area contributed by atoms with Crippen molar-refractivity contribution in [2.75, 3.05) is 18.0 Å². The maximum absolute atomic E-state index is 13.0. The van der Waals surface area contributed by atoms with Crippen molar-refractivity contribution < 1.29 is 18.0 Å². The van der Waals surface area contributed by atoms with Gasteiger partial charge in [-0.15, -0.1) is 26.6 Å². The summed E-state index contributed by atoms with van der Waals surface area (Å²) in [4.78, 5) is 19.1. The zero-order chi connectivity index (χ0) is 19.9. The molecule has 3 aromatic rings. The Morgan fingerprint density at radius 2 is 2.00 bits per heavy atom. The summed E-state index contributed by atoms with van der Waals surface area (Å²) in [6.45, 7) is 1.01. The standard InChI is InChI=1S/C16H16F3N7OS/c1-24-8-9-28-15(24)20-13(27)10-4-6-25(7-5-10)12-3-2-11-21-22-14(16(17,18)19)26(11)23-12/h2-3,8-10H,4-7H2,1H3. The van der Waals surface area contributed by atoms with Gasteiger partial charge in [0.25, 0.3) is 11.7 Å². The van der Waals surface area contributed by atoms with Crippen LogP contribution in [0.2, 0.25) is 0 Å². The highest BCUT2D eigenvalue weighted by molar-refractivity contribution is 7.07. The Morgan fingerprint density at radius 1 is 1.25 bits per heavy atom. The summed E-state index contributed by atoms with van der Waals surface area (Å²) in [5, 5.41) is 12.6. The smallest absolute Gasteiger partial charge is 0.355 e. The van der Waals surface area contributed by atoms with E-state index in [1.54, 1.807) is 10.6 Å². The van der Waals surface area contributed by atoms with Gasteiger partial charge in [-0.05, 0) is 25.0 Å². The molecule has 4 rings (SSSR count). The predicted octanol–water partition coefficient (Wildman–Crippen LogP) is 1.89. The summed E-state index contributed by atoms with van der Waals surface area (Å²) in [5.74, 6) is -1.13. The summed E-state index contributed by atoms with van der Waals surface area (Å²) >= 11 is 1.39. The molecular weight excluding hydrogens is 395 g/mol. The van der Waals surface area contributed by atoms with Crippen LogP contribution in [-0.2, 0) is 18.0 Å². The molecule has 8 nitrogen and oxygen atoms in total. The van der Waals surface area contributed by atoms with Gasteiger partial charge in [-0.3, -0.25) is 4.79 Å². The van der Waals surface area contributed by atoms with Crippen LogP contribution in [0.25, 0.3) is 5.65 Å². The number of carbonyl (C=O) groups excluding carboxylic acids is 1. The van der Waals surface area contributed by atoms with Crippen LogP contribution in [0.3, 0.4) is 0 Å². The van der Waals surface area contributed by atoms with E-state index in [1.165, 1.54) is 17.4 Å². The zero-order valence-corrected chi connectivity index (χ0v) is 15.6. The lowest BCUT2D eigenvalue weighted by molar-refractivity contribution is -0.146. The Labute approximate surface area is 160 Å². The zero-order valence-electron chi connectivity index (χ0n) is 14.8. The number of fused-ring (bicyclic) bond motifs is 1. The Hall–Kier alpha value is -2.76. The topological polar surface area (TPSA) is 80.7 Å². The van der Waals surface area contributed by atoms with E-state index in [1.807, 2.05) is 23.5 Å². The molecule has 4 heterocycles. The van der Waals surface area contributed by atoms with Crippen LogP contribution in [0.1, 0.15) is 18.7 Å². The molecule has 1 aliphatic rings. The molecule has 148 valence electrons. The fourth-order valence-corrected chi connectivity index (χ4v) is 3.84. The number of rotatable bonds is 2. The maximum Gasteiger partial charge on any atom is 0.453 e. The first-order valence-corrected chi connectivity index (χ1v) is 9.44. The molecule has 0 saturated carbocycles. The maximum atomic E-state index is 13.0. The van der Waals surface area contributed by atoms with Crippen LogP contribution in [0.15, 0.2) is 28.7 Å². The van der Waals surface area contributed by atoms with Gasteiger partial charge < -0.3 is 9.47 Å². The molecule has 0 aromatic carbocycles. The number of alkyl halides is 3.